The highest BCUT2D eigenvalue weighted by molar-refractivity contribution is 5.93. The first-order valence-electron chi connectivity index (χ1n) is 8.46. The molecule has 2 aliphatic rings. The van der Waals surface area contributed by atoms with Crippen molar-refractivity contribution < 1.29 is 13.9 Å². The summed E-state index contributed by atoms with van der Waals surface area (Å²) in [7, 11) is 1.89. The number of carbonyl (C=O) groups excluding carboxylic acids is 1. The van der Waals surface area contributed by atoms with E-state index >= 15 is 0 Å². The first-order valence-corrected chi connectivity index (χ1v) is 8.46. The van der Waals surface area contributed by atoms with Crippen molar-refractivity contribution >= 4 is 5.91 Å². The fourth-order valence-corrected chi connectivity index (χ4v) is 3.24. The Morgan fingerprint density at radius 1 is 1.42 bits per heavy atom. The van der Waals surface area contributed by atoms with Crippen molar-refractivity contribution in [3.63, 3.8) is 0 Å². The van der Waals surface area contributed by atoms with Gasteiger partial charge in [-0.05, 0) is 31.7 Å². The van der Waals surface area contributed by atoms with Crippen LogP contribution in [0.5, 0.6) is 0 Å². The molecule has 24 heavy (non-hydrogen) atoms. The van der Waals surface area contributed by atoms with Gasteiger partial charge >= 0.3 is 0 Å². The first-order chi connectivity index (χ1) is 11.6. The van der Waals surface area contributed by atoms with Crippen LogP contribution in [0.25, 0.3) is 0 Å². The van der Waals surface area contributed by atoms with Gasteiger partial charge < -0.3 is 14.1 Å². The second-order valence-corrected chi connectivity index (χ2v) is 6.72. The molecule has 0 N–H and O–H groups in total. The zero-order valence-electron chi connectivity index (χ0n) is 14.1. The molecule has 1 amide bonds. The summed E-state index contributed by atoms with van der Waals surface area (Å²) in [5.41, 5.74) is 2.77. The Balaban J connectivity index is 1.59. The summed E-state index contributed by atoms with van der Waals surface area (Å²) in [5.74, 6) is 0.981. The molecule has 0 saturated heterocycles. The van der Waals surface area contributed by atoms with Gasteiger partial charge in [0, 0.05) is 32.2 Å². The molecule has 7 nitrogen and oxygen atoms in total. The largest absolute Gasteiger partial charge is 0.459 e. The lowest BCUT2D eigenvalue weighted by Gasteiger charge is -2.34. The molecule has 2 aromatic heterocycles. The van der Waals surface area contributed by atoms with Crippen molar-refractivity contribution in [1.29, 1.82) is 0 Å². The van der Waals surface area contributed by atoms with Crippen LogP contribution in [0.2, 0.25) is 0 Å². The second-order valence-electron chi connectivity index (χ2n) is 6.72. The lowest BCUT2D eigenvalue weighted by Crippen LogP contribution is -2.42. The quantitative estimate of drug-likeness (QED) is 0.837. The van der Waals surface area contributed by atoms with Crippen LogP contribution in [0.1, 0.15) is 46.4 Å². The third kappa shape index (κ3) is 2.73. The summed E-state index contributed by atoms with van der Waals surface area (Å²) < 4.78 is 13.1. The van der Waals surface area contributed by atoms with E-state index in [4.69, 9.17) is 9.15 Å². The molecule has 0 radical (unpaired) electrons. The second kappa shape index (κ2) is 6.05. The van der Waals surface area contributed by atoms with Crippen LogP contribution in [0.15, 0.2) is 16.7 Å². The molecule has 128 valence electrons. The van der Waals surface area contributed by atoms with E-state index < -0.39 is 0 Å². The number of amides is 1. The minimum absolute atomic E-state index is 0.103. The highest BCUT2D eigenvalue weighted by atomic mass is 16.5. The van der Waals surface area contributed by atoms with Gasteiger partial charge in [0.25, 0.3) is 5.91 Å². The molecule has 0 bridgehead atoms. The molecule has 1 aliphatic heterocycles. The Kier molecular flexibility index (Phi) is 3.88. The highest BCUT2D eigenvalue weighted by Crippen LogP contribution is 2.32. The Morgan fingerprint density at radius 2 is 2.25 bits per heavy atom. The van der Waals surface area contributed by atoms with Crippen molar-refractivity contribution in [2.24, 2.45) is 13.0 Å². The number of ether oxygens (including phenoxy) is 1. The van der Waals surface area contributed by atoms with Gasteiger partial charge in [0.05, 0.1) is 18.6 Å². The Bertz CT molecular complexity index is 747. The van der Waals surface area contributed by atoms with Crippen LogP contribution >= 0.6 is 0 Å². The Hall–Kier alpha value is -2.15. The smallest absolute Gasteiger partial charge is 0.290 e. The number of nitrogens with zero attached hydrogens (tertiary/aromatic N) is 4. The standard InChI is InChI=1S/C17H22N4O3/c1-11-6-8-24-16(11)17(22)21-7-5-13-15(18-19-20(13)2)14(21)10-23-9-12-3-4-12/h6,8,12,14H,3-5,7,9-10H2,1-2H3/t14-/m1/s1. The van der Waals surface area contributed by atoms with Crippen LogP contribution in [0, 0.1) is 12.8 Å². The zero-order chi connectivity index (χ0) is 16.7. The van der Waals surface area contributed by atoms with Gasteiger partial charge in [0.2, 0.25) is 0 Å². The van der Waals surface area contributed by atoms with E-state index in [0.29, 0.717) is 24.8 Å². The van der Waals surface area contributed by atoms with Crippen molar-refractivity contribution in [2.45, 2.75) is 32.2 Å². The van der Waals surface area contributed by atoms with Gasteiger partial charge in [0.1, 0.15) is 11.7 Å². The molecule has 2 aromatic rings. The fraction of sp³-hybridized carbons (Fsp3) is 0.588. The topological polar surface area (TPSA) is 73.4 Å². The van der Waals surface area contributed by atoms with Gasteiger partial charge in [0.15, 0.2) is 5.76 Å². The Morgan fingerprint density at radius 3 is 2.96 bits per heavy atom. The molecule has 0 unspecified atom stereocenters. The molecule has 1 aliphatic carbocycles. The van der Waals surface area contributed by atoms with Crippen molar-refractivity contribution in [3.8, 4) is 0 Å². The number of fused-ring (bicyclic) bond motifs is 1. The zero-order valence-corrected chi connectivity index (χ0v) is 14.1. The highest BCUT2D eigenvalue weighted by Gasteiger charge is 2.36. The van der Waals surface area contributed by atoms with Crippen LogP contribution in [0.3, 0.4) is 0 Å². The first kappa shape index (κ1) is 15.4. The average molecular weight is 330 g/mol. The summed E-state index contributed by atoms with van der Waals surface area (Å²) in [6.45, 7) is 3.71. The van der Waals surface area contributed by atoms with Crippen molar-refractivity contribution in [2.75, 3.05) is 19.8 Å². The molecular formula is C17H22N4O3. The van der Waals surface area contributed by atoms with E-state index in [1.165, 1.54) is 12.8 Å². The lowest BCUT2D eigenvalue weighted by molar-refractivity contribution is 0.0333. The average Bonchev–Trinajstić information content (AvgIpc) is 3.18. The molecule has 4 rings (SSSR count). The van der Waals surface area contributed by atoms with E-state index in [0.717, 1.165) is 30.0 Å². The maximum atomic E-state index is 12.9. The fourth-order valence-electron chi connectivity index (χ4n) is 3.24. The lowest BCUT2D eigenvalue weighted by atomic mass is 10.0. The molecule has 0 aromatic carbocycles. The number of aromatic nitrogens is 3. The minimum Gasteiger partial charge on any atom is -0.459 e. The minimum atomic E-state index is -0.210. The van der Waals surface area contributed by atoms with Gasteiger partial charge in [-0.3, -0.25) is 9.48 Å². The maximum absolute atomic E-state index is 12.9. The van der Waals surface area contributed by atoms with Gasteiger partial charge in [-0.15, -0.1) is 5.10 Å². The van der Waals surface area contributed by atoms with Crippen LogP contribution in [-0.2, 0) is 18.2 Å². The molecule has 1 atom stereocenters. The summed E-state index contributed by atoms with van der Waals surface area (Å²) in [5, 5.41) is 8.42. The summed E-state index contributed by atoms with van der Waals surface area (Å²) >= 11 is 0. The molecule has 1 fully saturated rings. The van der Waals surface area contributed by atoms with Gasteiger partial charge in [-0.25, -0.2) is 0 Å². The van der Waals surface area contributed by atoms with Gasteiger partial charge in [-0.1, -0.05) is 5.21 Å². The summed E-state index contributed by atoms with van der Waals surface area (Å²) in [6.07, 6.45) is 4.78. The van der Waals surface area contributed by atoms with E-state index in [-0.39, 0.29) is 11.9 Å². The van der Waals surface area contributed by atoms with Crippen LogP contribution in [-0.4, -0.2) is 45.6 Å². The number of furan rings is 1. The molecule has 3 heterocycles. The van der Waals surface area contributed by atoms with E-state index in [1.54, 1.807) is 10.9 Å². The predicted molar refractivity (Wildman–Crippen MR) is 85.5 cm³/mol. The summed E-state index contributed by atoms with van der Waals surface area (Å²) in [4.78, 5) is 14.8. The van der Waals surface area contributed by atoms with Crippen LogP contribution in [0.4, 0.5) is 0 Å². The molecule has 1 saturated carbocycles. The van der Waals surface area contributed by atoms with Crippen LogP contribution < -0.4 is 0 Å². The van der Waals surface area contributed by atoms with Crippen molar-refractivity contribution in [1.82, 2.24) is 19.9 Å². The van der Waals surface area contributed by atoms with Gasteiger partial charge in [-0.2, -0.15) is 0 Å². The molecular weight excluding hydrogens is 308 g/mol. The predicted octanol–water partition coefficient (Wildman–Crippen LogP) is 1.88. The number of hydrogen-bond acceptors (Lipinski definition) is 5. The Labute approximate surface area is 140 Å². The van der Waals surface area contributed by atoms with E-state index in [2.05, 4.69) is 10.3 Å². The van der Waals surface area contributed by atoms with E-state index in [9.17, 15) is 4.79 Å². The normalized spacial score (nSPS) is 20.2. The van der Waals surface area contributed by atoms with E-state index in [1.807, 2.05) is 24.9 Å². The van der Waals surface area contributed by atoms with Crippen molar-refractivity contribution in [3.05, 3.63) is 35.0 Å². The number of hydrogen-bond donors (Lipinski definition) is 0. The number of carbonyl (C=O) groups is 1. The summed E-state index contributed by atoms with van der Waals surface area (Å²) in [6, 6.07) is 1.60. The third-order valence-corrected chi connectivity index (χ3v) is 4.90. The third-order valence-electron chi connectivity index (χ3n) is 4.90. The SMILES string of the molecule is Cc1ccoc1C(=O)N1CCc2c(nnn2C)[C@H]1COCC1CC1. The molecule has 0 spiro atoms. The number of rotatable bonds is 5. The molecule has 7 heteroatoms. The maximum Gasteiger partial charge on any atom is 0.290 e. The number of aryl methyl sites for hydroxylation is 2. The monoisotopic (exact) mass is 330 g/mol.